The predicted octanol–water partition coefficient (Wildman–Crippen LogP) is 3.80. The maximum Gasteiger partial charge on any atom is 0.407 e. The molecule has 116 valence electrons. The number of fused-ring (bicyclic) bond motifs is 3. The standard InChI is InChI=1S/C18H22N2O2/c1-2-22-18(21)20-17-12-8-7-11(9-12)16(17)14-10-19-15-6-4-3-5-13(14)15/h3-6,10-12,16-17,19H,2,7-9H2,1H3,(H,20,21)/t11-,12+,16-,17+/m1/s1. The number of carbonyl (C=O) groups is 1. The molecule has 22 heavy (non-hydrogen) atoms. The summed E-state index contributed by atoms with van der Waals surface area (Å²) >= 11 is 0. The Kier molecular flexibility index (Phi) is 3.32. The van der Waals surface area contributed by atoms with Gasteiger partial charge in [-0.2, -0.15) is 0 Å². The molecule has 1 heterocycles. The van der Waals surface area contributed by atoms with E-state index in [1.165, 1.54) is 35.7 Å². The molecule has 2 fully saturated rings. The van der Waals surface area contributed by atoms with Gasteiger partial charge < -0.3 is 15.0 Å². The number of aromatic amines is 1. The van der Waals surface area contributed by atoms with E-state index in [2.05, 4.69) is 40.8 Å². The monoisotopic (exact) mass is 298 g/mol. The van der Waals surface area contributed by atoms with Gasteiger partial charge in [-0.3, -0.25) is 0 Å². The third-order valence-corrected chi connectivity index (χ3v) is 5.46. The first-order valence-corrected chi connectivity index (χ1v) is 8.27. The summed E-state index contributed by atoms with van der Waals surface area (Å²) < 4.78 is 5.11. The molecule has 2 saturated carbocycles. The molecule has 2 aliphatic carbocycles. The molecule has 4 nitrogen and oxygen atoms in total. The van der Waals surface area contributed by atoms with Crippen LogP contribution in [0.3, 0.4) is 0 Å². The number of amides is 1. The Morgan fingerprint density at radius 1 is 1.32 bits per heavy atom. The lowest BCUT2D eigenvalue weighted by molar-refractivity contribution is 0.141. The Balaban J connectivity index is 1.67. The number of para-hydroxylation sites is 1. The number of hydrogen-bond acceptors (Lipinski definition) is 2. The van der Waals surface area contributed by atoms with E-state index in [-0.39, 0.29) is 12.1 Å². The van der Waals surface area contributed by atoms with E-state index in [1.54, 1.807) is 0 Å². The molecule has 2 aromatic rings. The lowest BCUT2D eigenvalue weighted by atomic mass is 9.79. The summed E-state index contributed by atoms with van der Waals surface area (Å²) in [6.07, 6.45) is 5.58. The summed E-state index contributed by atoms with van der Waals surface area (Å²) in [4.78, 5) is 15.3. The van der Waals surface area contributed by atoms with Gasteiger partial charge in [0.2, 0.25) is 0 Å². The van der Waals surface area contributed by atoms with E-state index in [9.17, 15) is 4.79 Å². The van der Waals surface area contributed by atoms with Crippen molar-refractivity contribution in [3.63, 3.8) is 0 Å². The number of aromatic nitrogens is 1. The van der Waals surface area contributed by atoms with Crippen LogP contribution in [-0.2, 0) is 4.74 Å². The van der Waals surface area contributed by atoms with Gasteiger partial charge in [-0.05, 0) is 49.7 Å². The third-order valence-electron chi connectivity index (χ3n) is 5.46. The minimum Gasteiger partial charge on any atom is -0.450 e. The minimum atomic E-state index is -0.273. The lowest BCUT2D eigenvalue weighted by Crippen LogP contribution is -2.43. The number of ether oxygens (including phenoxy) is 1. The van der Waals surface area contributed by atoms with Gasteiger partial charge in [-0.15, -0.1) is 0 Å². The largest absolute Gasteiger partial charge is 0.450 e. The van der Waals surface area contributed by atoms with E-state index in [1.807, 2.05) is 6.92 Å². The zero-order chi connectivity index (χ0) is 15.1. The van der Waals surface area contributed by atoms with Crippen molar-refractivity contribution in [2.24, 2.45) is 11.8 Å². The zero-order valence-corrected chi connectivity index (χ0v) is 12.8. The van der Waals surface area contributed by atoms with E-state index < -0.39 is 0 Å². The van der Waals surface area contributed by atoms with Crippen LogP contribution in [0.4, 0.5) is 4.79 Å². The van der Waals surface area contributed by atoms with Crippen LogP contribution in [0, 0.1) is 11.8 Å². The van der Waals surface area contributed by atoms with Crippen molar-refractivity contribution >= 4 is 17.0 Å². The van der Waals surface area contributed by atoms with Crippen LogP contribution in [0.25, 0.3) is 10.9 Å². The Labute approximate surface area is 130 Å². The van der Waals surface area contributed by atoms with Crippen LogP contribution in [0.1, 0.15) is 37.7 Å². The molecule has 0 aliphatic heterocycles. The lowest BCUT2D eigenvalue weighted by Gasteiger charge is -2.31. The minimum absolute atomic E-state index is 0.206. The van der Waals surface area contributed by atoms with E-state index in [4.69, 9.17) is 4.74 Å². The van der Waals surface area contributed by atoms with Crippen molar-refractivity contribution in [3.8, 4) is 0 Å². The van der Waals surface area contributed by atoms with Crippen molar-refractivity contribution in [2.75, 3.05) is 6.61 Å². The van der Waals surface area contributed by atoms with Gasteiger partial charge in [-0.1, -0.05) is 18.2 Å². The molecule has 2 bridgehead atoms. The normalized spacial score (nSPS) is 29.9. The maximum atomic E-state index is 11.9. The summed E-state index contributed by atoms with van der Waals surface area (Å²) in [6.45, 7) is 2.27. The Morgan fingerprint density at radius 2 is 2.14 bits per heavy atom. The van der Waals surface area contributed by atoms with Gasteiger partial charge in [-0.25, -0.2) is 4.79 Å². The smallest absolute Gasteiger partial charge is 0.407 e. The van der Waals surface area contributed by atoms with E-state index in [0.717, 1.165) is 0 Å². The molecule has 0 spiro atoms. The Bertz CT molecular complexity index is 693. The van der Waals surface area contributed by atoms with Crippen molar-refractivity contribution in [1.29, 1.82) is 0 Å². The number of benzene rings is 1. The molecule has 4 atom stereocenters. The Morgan fingerprint density at radius 3 is 3.00 bits per heavy atom. The molecule has 2 N–H and O–H groups in total. The average Bonchev–Trinajstić information content (AvgIpc) is 3.21. The maximum absolute atomic E-state index is 11.9. The first kappa shape index (κ1) is 13.7. The molecular weight excluding hydrogens is 276 g/mol. The first-order chi connectivity index (χ1) is 10.8. The summed E-state index contributed by atoms with van der Waals surface area (Å²) in [5, 5.41) is 4.43. The molecule has 1 amide bonds. The van der Waals surface area contributed by atoms with Crippen LogP contribution in [0.2, 0.25) is 0 Å². The second kappa shape index (κ2) is 5.34. The van der Waals surface area contributed by atoms with E-state index in [0.29, 0.717) is 24.4 Å². The second-order valence-electron chi connectivity index (χ2n) is 6.54. The molecule has 2 aliphatic rings. The van der Waals surface area contributed by atoms with Gasteiger partial charge in [0, 0.05) is 29.1 Å². The van der Waals surface area contributed by atoms with Crippen molar-refractivity contribution in [1.82, 2.24) is 10.3 Å². The first-order valence-electron chi connectivity index (χ1n) is 8.27. The SMILES string of the molecule is CCOC(=O)N[C@H]1[C@H]2CC[C@H](C2)[C@@H]1c1c[nH]c2ccccc12. The highest BCUT2D eigenvalue weighted by atomic mass is 16.5. The quantitative estimate of drug-likeness (QED) is 0.905. The van der Waals surface area contributed by atoms with Gasteiger partial charge in [0.15, 0.2) is 0 Å². The van der Waals surface area contributed by atoms with Crippen LogP contribution in [0.5, 0.6) is 0 Å². The van der Waals surface area contributed by atoms with Gasteiger partial charge >= 0.3 is 6.09 Å². The average molecular weight is 298 g/mol. The summed E-state index contributed by atoms with van der Waals surface area (Å²) in [7, 11) is 0. The number of alkyl carbamates (subject to hydrolysis) is 1. The molecule has 0 unspecified atom stereocenters. The molecule has 4 rings (SSSR count). The van der Waals surface area contributed by atoms with Gasteiger partial charge in [0.25, 0.3) is 0 Å². The van der Waals surface area contributed by atoms with Crippen LogP contribution < -0.4 is 5.32 Å². The zero-order valence-electron chi connectivity index (χ0n) is 12.8. The van der Waals surface area contributed by atoms with Crippen LogP contribution in [-0.4, -0.2) is 23.7 Å². The number of carbonyl (C=O) groups excluding carboxylic acids is 1. The number of rotatable bonds is 3. The molecule has 0 radical (unpaired) electrons. The van der Waals surface area contributed by atoms with Gasteiger partial charge in [0.05, 0.1) is 6.61 Å². The summed E-state index contributed by atoms with van der Waals surface area (Å²) in [5.74, 6) is 1.67. The predicted molar refractivity (Wildman–Crippen MR) is 85.8 cm³/mol. The second-order valence-corrected chi connectivity index (χ2v) is 6.54. The highest BCUT2D eigenvalue weighted by molar-refractivity contribution is 5.84. The number of nitrogens with one attached hydrogen (secondary N) is 2. The van der Waals surface area contributed by atoms with Crippen molar-refractivity contribution < 1.29 is 9.53 Å². The number of hydrogen-bond donors (Lipinski definition) is 2. The van der Waals surface area contributed by atoms with Crippen LogP contribution in [0.15, 0.2) is 30.5 Å². The fourth-order valence-corrected chi connectivity index (χ4v) is 4.63. The molecule has 4 heteroatoms. The summed E-state index contributed by atoms with van der Waals surface area (Å²) in [6, 6.07) is 8.63. The van der Waals surface area contributed by atoms with Crippen LogP contribution >= 0.6 is 0 Å². The highest BCUT2D eigenvalue weighted by Crippen LogP contribution is 2.54. The Hall–Kier alpha value is -1.97. The molecular formula is C18H22N2O2. The summed E-state index contributed by atoms with van der Waals surface area (Å²) in [5.41, 5.74) is 2.53. The third kappa shape index (κ3) is 2.09. The van der Waals surface area contributed by atoms with Gasteiger partial charge in [0.1, 0.15) is 0 Å². The molecule has 1 aromatic carbocycles. The fourth-order valence-electron chi connectivity index (χ4n) is 4.63. The fraction of sp³-hybridized carbons (Fsp3) is 0.500. The topological polar surface area (TPSA) is 54.1 Å². The molecule has 0 saturated heterocycles. The number of H-pyrrole nitrogens is 1. The van der Waals surface area contributed by atoms with Crippen molar-refractivity contribution in [3.05, 3.63) is 36.0 Å². The highest BCUT2D eigenvalue weighted by Gasteiger charge is 2.49. The molecule has 1 aromatic heterocycles. The van der Waals surface area contributed by atoms with Crippen molar-refractivity contribution in [2.45, 2.75) is 38.1 Å². The van der Waals surface area contributed by atoms with E-state index >= 15 is 0 Å².